The highest BCUT2D eigenvalue weighted by Crippen LogP contribution is 2.29. The van der Waals surface area contributed by atoms with Crippen molar-refractivity contribution in [2.75, 3.05) is 6.54 Å². The van der Waals surface area contributed by atoms with Crippen LogP contribution in [0.4, 0.5) is 0 Å². The summed E-state index contributed by atoms with van der Waals surface area (Å²) in [6.07, 6.45) is 0.243. The van der Waals surface area contributed by atoms with Crippen LogP contribution in [-0.4, -0.2) is 22.4 Å². The number of rotatable bonds is 7. The molecule has 0 bridgehead atoms. The lowest BCUT2D eigenvalue weighted by atomic mass is 10.1. The lowest BCUT2D eigenvalue weighted by molar-refractivity contribution is -0.121. The lowest BCUT2D eigenvalue weighted by Gasteiger charge is -2.26. The quantitative estimate of drug-likeness (QED) is 0.561. The fourth-order valence-corrected chi connectivity index (χ4v) is 2.64. The minimum Gasteiger partial charge on any atom is -0.336 e. The summed E-state index contributed by atoms with van der Waals surface area (Å²) in [5.74, 6) is -0.204. The minimum atomic E-state index is -1.64. The molecule has 0 unspecified atom stereocenters. The molecule has 0 aromatic heterocycles. The molecule has 3 nitrogen and oxygen atoms in total. The Morgan fingerprint density at radius 1 is 0.917 bits per heavy atom. The molecular weight excluding hydrogens is 367 g/mol. The van der Waals surface area contributed by atoms with Gasteiger partial charge in [-0.2, -0.15) is 0 Å². The van der Waals surface area contributed by atoms with E-state index >= 15 is 0 Å². The van der Waals surface area contributed by atoms with E-state index in [1.807, 2.05) is 60.7 Å². The zero-order chi connectivity index (χ0) is 17.4. The van der Waals surface area contributed by atoms with Crippen molar-refractivity contribution in [2.24, 2.45) is 0 Å². The summed E-state index contributed by atoms with van der Waals surface area (Å²) < 4.78 is -1.64. The first kappa shape index (κ1) is 19.1. The predicted molar refractivity (Wildman–Crippen MR) is 101 cm³/mol. The number of amides is 1. The molecule has 0 radical (unpaired) electrons. The fourth-order valence-electron chi connectivity index (χ4n) is 2.25. The zero-order valence-corrected chi connectivity index (χ0v) is 15.3. The third kappa shape index (κ3) is 6.70. The predicted octanol–water partition coefficient (Wildman–Crippen LogP) is 3.87. The number of nitrogens with one attached hydrogen (secondary N) is 2. The third-order valence-electron chi connectivity index (χ3n) is 3.45. The highest BCUT2D eigenvalue weighted by atomic mass is 35.6. The number of benzene rings is 2. The summed E-state index contributed by atoms with van der Waals surface area (Å²) in [7, 11) is 0. The van der Waals surface area contributed by atoms with Crippen LogP contribution in [-0.2, 0) is 17.6 Å². The Hall–Kier alpha value is -1.26. The van der Waals surface area contributed by atoms with Crippen LogP contribution in [0.5, 0.6) is 0 Å². The molecule has 0 aliphatic rings. The van der Waals surface area contributed by atoms with E-state index in [2.05, 4.69) is 10.6 Å². The largest absolute Gasteiger partial charge is 0.336 e. The van der Waals surface area contributed by atoms with Gasteiger partial charge in [-0.15, -0.1) is 0 Å². The molecule has 0 spiro atoms. The van der Waals surface area contributed by atoms with Gasteiger partial charge in [-0.25, -0.2) is 0 Å². The molecule has 6 heteroatoms. The van der Waals surface area contributed by atoms with Gasteiger partial charge < -0.3 is 5.32 Å². The average molecular weight is 386 g/mol. The zero-order valence-electron chi connectivity index (χ0n) is 13.0. The van der Waals surface area contributed by atoms with Gasteiger partial charge in [0.25, 0.3) is 0 Å². The van der Waals surface area contributed by atoms with Crippen LogP contribution in [0.15, 0.2) is 60.7 Å². The number of alkyl halides is 3. The Morgan fingerprint density at radius 3 is 2.00 bits per heavy atom. The monoisotopic (exact) mass is 384 g/mol. The second-order valence-electron chi connectivity index (χ2n) is 5.39. The molecule has 0 aliphatic heterocycles. The first-order valence-electron chi connectivity index (χ1n) is 7.62. The number of hydrogen-bond donors (Lipinski definition) is 2. The van der Waals surface area contributed by atoms with Gasteiger partial charge in [-0.1, -0.05) is 95.5 Å². The third-order valence-corrected chi connectivity index (χ3v) is 4.10. The molecule has 0 saturated carbocycles. The van der Waals surface area contributed by atoms with Crippen LogP contribution in [0.2, 0.25) is 0 Å². The molecule has 1 atom stereocenters. The molecule has 0 heterocycles. The number of hydrogen-bond acceptors (Lipinski definition) is 2. The maximum Gasteiger partial charge on any atom is 0.225 e. The Bertz CT molecular complexity index is 630. The van der Waals surface area contributed by atoms with E-state index in [1.165, 1.54) is 5.56 Å². The van der Waals surface area contributed by atoms with E-state index in [1.54, 1.807) is 0 Å². The normalized spacial score (nSPS) is 12.6. The summed E-state index contributed by atoms with van der Waals surface area (Å²) in [5, 5.41) is 5.84. The highest BCUT2D eigenvalue weighted by molar-refractivity contribution is 6.68. The summed E-state index contributed by atoms with van der Waals surface area (Å²) >= 11 is 17.9. The molecule has 0 aliphatic carbocycles. The van der Waals surface area contributed by atoms with Crippen LogP contribution in [0.3, 0.4) is 0 Å². The van der Waals surface area contributed by atoms with Crippen molar-refractivity contribution in [3.8, 4) is 0 Å². The standard InChI is InChI=1S/C18H19Cl3N2O/c19-18(20,21)17(22-12-11-14-7-3-1-4-8-14)23-16(24)13-15-9-5-2-6-10-15/h1-10,17,22H,11-13H2,(H,23,24)/t17-/m1/s1. The van der Waals surface area contributed by atoms with Crippen LogP contribution in [0, 0.1) is 0 Å². The molecule has 0 fully saturated rings. The number of carbonyl (C=O) groups is 1. The van der Waals surface area contributed by atoms with E-state index in [9.17, 15) is 4.79 Å². The summed E-state index contributed by atoms with van der Waals surface area (Å²) in [6, 6.07) is 19.4. The molecule has 2 aromatic carbocycles. The summed E-state index contributed by atoms with van der Waals surface area (Å²) in [5.41, 5.74) is 2.08. The Balaban J connectivity index is 1.87. The van der Waals surface area contributed by atoms with Crippen LogP contribution in [0.25, 0.3) is 0 Å². The van der Waals surface area contributed by atoms with Gasteiger partial charge in [0.2, 0.25) is 9.70 Å². The Morgan fingerprint density at radius 2 is 1.46 bits per heavy atom. The van der Waals surface area contributed by atoms with Crippen molar-refractivity contribution >= 4 is 40.7 Å². The molecule has 2 N–H and O–H groups in total. The SMILES string of the molecule is O=C(Cc1ccccc1)N[C@@H](NCCc1ccccc1)C(Cl)(Cl)Cl. The Labute approximate surface area is 157 Å². The van der Waals surface area contributed by atoms with Gasteiger partial charge in [-0.3, -0.25) is 10.1 Å². The lowest BCUT2D eigenvalue weighted by Crippen LogP contribution is -2.54. The topological polar surface area (TPSA) is 41.1 Å². The number of carbonyl (C=O) groups excluding carboxylic acids is 1. The average Bonchev–Trinajstić information content (AvgIpc) is 2.55. The molecule has 128 valence electrons. The van der Waals surface area contributed by atoms with Crippen LogP contribution in [0.1, 0.15) is 11.1 Å². The van der Waals surface area contributed by atoms with Crippen molar-refractivity contribution in [1.29, 1.82) is 0 Å². The van der Waals surface area contributed by atoms with Crippen molar-refractivity contribution in [1.82, 2.24) is 10.6 Å². The van der Waals surface area contributed by atoms with Crippen molar-refractivity contribution in [2.45, 2.75) is 22.8 Å². The molecule has 2 aromatic rings. The first-order valence-corrected chi connectivity index (χ1v) is 8.76. The molecular formula is C18H19Cl3N2O. The van der Waals surface area contributed by atoms with Gasteiger partial charge in [0.1, 0.15) is 6.17 Å². The van der Waals surface area contributed by atoms with E-state index in [-0.39, 0.29) is 12.3 Å². The Kier molecular flexibility index (Phi) is 7.38. The fraction of sp³-hybridized carbons (Fsp3) is 0.278. The smallest absolute Gasteiger partial charge is 0.225 e. The summed E-state index contributed by atoms with van der Waals surface area (Å²) in [4.78, 5) is 12.2. The second-order valence-corrected chi connectivity index (χ2v) is 7.76. The van der Waals surface area contributed by atoms with Crippen molar-refractivity contribution in [3.05, 3.63) is 71.8 Å². The maximum atomic E-state index is 12.2. The second kappa shape index (κ2) is 9.28. The number of halogens is 3. The van der Waals surface area contributed by atoms with Crippen molar-refractivity contribution < 1.29 is 4.79 Å². The molecule has 2 rings (SSSR count). The van der Waals surface area contributed by atoms with Gasteiger partial charge >= 0.3 is 0 Å². The van der Waals surface area contributed by atoms with Gasteiger partial charge in [0, 0.05) is 6.54 Å². The van der Waals surface area contributed by atoms with E-state index in [0.717, 1.165) is 12.0 Å². The van der Waals surface area contributed by atoms with Gasteiger partial charge in [0.15, 0.2) is 0 Å². The minimum absolute atomic E-state index is 0.204. The van der Waals surface area contributed by atoms with E-state index < -0.39 is 9.96 Å². The van der Waals surface area contributed by atoms with E-state index in [4.69, 9.17) is 34.8 Å². The summed E-state index contributed by atoms with van der Waals surface area (Å²) in [6.45, 7) is 0.578. The van der Waals surface area contributed by atoms with Gasteiger partial charge in [0.05, 0.1) is 6.42 Å². The van der Waals surface area contributed by atoms with Gasteiger partial charge in [-0.05, 0) is 17.5 Å². The van der Waals surface area contributed by atoms with Crippen LogP contribution >= 0.6 is 34.8 Å². The van der Waals surface area contributed by atoms with E-state index in [0.29, 0.717) is 6.54 Å². The highest BCUT2D eigenvalue weighted by Gasteiger charge is 2.33. The molecule has 0 saturated heterocycles. The molecule has 24 heavy (non-hydrogen) atoms. The van der Waals surface area contributed by atoms with Crippen LogP contribution < -0.4 is 10.6 Å². The first-order chi connectivity index (χ1) is 11.4. The van der Waals surface area contributed by atoms with Crippen molar-refractivity contribution in [3.63, 3.8) is 0 Å². The molecule has 1 amide bonds. The maximum absolute atomic E-state index is 12.2.